The second-order valence-electron chi connectivity index (χ2n) is 4.88. The van der Waals surface area contributed by atoms with Gasteiger partial charge in [-0.1, -0.05) is 12.7 Å². The Hall–Kier alpha value is -2.63. The summed E-state index contributed by atoms with van der Waals surface area (Å²) in [5, 5.41) is 20.7. The number of carbonyl (C=O) groups is 1. The maximum Gasteiger partial charge on any atom is 0.303 e. The minimum absolute atomic E-state index is 0.000288. The molecule has 1 aromatic carbocycles. The molecule has 6 nitrogen and oxygen atoms in total. The van der Waals surface area contributed by atoms with Crippen molar-refractivity contribution in [1.82, 2.24) is 4.57 Å². The van der Waals surface area contributed by atoms with Gasteiger partial charge in [0, 0.05) is 25.2 Å². The van der Waals surface area contributed by atoms with Crippen molar-refractivity contribution in [3.63, 3.8) is 0 Å². The van der Waals surface area contributed by atoms with Crippen LogP contribution in [0.4, 0.5) is 5.69 Å². The quantitative estimate of drug-likeness (QED) is 0.676. The number of non-ortho nitro benzene ring substituents is 1. The van der Waals surface area contributed by atoms with Crippen molar-refractivity contribution in [2.24, 2.45) is 7.05 Å². The van der Waals surface area contributed by atoms with Crippen molar-refractivity contribution in [2.75, 3.05) is 0 Å². The fraction of sp³-hybridized carbons (Fsp3) is 0.267. The molecule has 0 aliphatic carbocycles. The Balaban J connectivity index is 2.83. The fourth-order valence-corrected chi connectivity index (χ4v) is 2.66. The van der Waals surface area contributed by atoms with Crippen LogP contribution in [0.2, 0.25) is 0 Å². The zero-order valence-corrected chi connectivity index (χ0v) is 11.9. The summed E-state index contributed by atoms with van der Waals surface area (Å²) < 4.78 is 1.86. The molecule has 0 spiro atoms. The molecule has 2 aromatic rings. The van der Waals surface area contributed by atoms with Gasteiger partial charge >= 0.3 is 5.97 Å². The van der Waals surface area contributed by atoms with Gasteiger partial charge in [-0.3, -0.25) is 14.9 Å². The van der Waals surface area contributed by atoms with Gasteiger partial charge in [-0.15, -0.1) is 0 Å². The van der Waals surface area contributed by atoms with E-state index in [0.717, 1.165) is 16.8 Å². The molecule has 21 heavy (non-hydrogen) atoms. The van der Waals surface area contributed by atoms with Crippen LogP contribution >= 0.6 is 0 Å². The molecule has 0 radical (unpaired) electrons. The molecule has 0 bridgehead atoms. The molecule has 0 saturated carbocycles. The first kappa shape index (κ1) is 14.8. The van der Waals surface area contributed by atoms with Crippen molar-refractivity contribution in [1.29, 1.82) is 0 Å². The van der Waals surface area contributed by atoms with Crippen LogP contribution in [-0.2, 0) is 18.3 Å². The Morgan fingerprint density at radius 2 is 2.19 bits per heavy atom. The highest BCUT2D eigenvalue weighted by molar-refractivity contribution is 5.98. The highest BCUT2D eigenvalue weighted by atomic mass is 16.6. The summed E-state index contributed by atoms with van der Waals surface area (Å²) >= 11 is 0. The first-order chi connectivity index (χ1) is 9.88. The number of carboxylic acid groups (broad SMARTS) is 1. The zero-order chi connectivity index (χ0) is 15.7. The lowest BCUT2D eigenvalue weighted by Crippen LogP contribution is -1.99. The molecule has 0 amide bonds. The van der Waals surface area contributed by atoms with Gasteiger partial charge in [-0.05, 0) is 30.5 Å². The maximum atomic E-state index is 11.3. The van der Waals surface area contributed by atoms with E-state index in [9.17, 15) is 14.9 Å². The topological polar surface area (TPSA) is 85.4 Å². The summed E-state index contributed by atoms with van der Waals surface area (Å²) in [7, 11) is 1.82. The molecule has 0 saturated heterocycles. The third-order valence-electron chi connectivity index (χ3n) is 3.77. The molecule has 0 fully saturated rings. The van der Waals surface area contributed by atoms with Crippen molar-refractivity contribution >= 4 is 28.6 Å². The van der Waals surface area contributed by atoms with E-state index in [1.54, 1.807) is 12.1 Å². The van der Waals surface area contributed by atoms with Crippen molar-refractivity contribution in [3.8, 4) is 0 Å². The molecule has 2 rings (SSSR count). The smallest absolute Gasteiger partial charge is 0.303 e. The SMILES string of the molecule is C=Cc1ccc([N+](=O)[O-])c2c(CCC(=O)O)c(C)n(C)c12. The Bertz CT molecular complexity index is 759. The van der Waals surface area contributed by atoms with E-state index < -0.39 is 10.9 Å². The Morgan fingerprint density at radius 3 is 2.71 bits per heavy atom. The summed E-state index contributed by atoms with van der Waals surface area (Å²) in [6.07, 6.45) is 1.85. The highest BCUT2D eigenvalue weighted by Gasteiger charge is 2.23. The Labute approximate surface area is 121 Å². The van der Waals surface area contributed by atoms with Crippen LogP contribution in [0.3, 0.4) is 0 Å². The number of hydrogen-bond donors (Lipinski definition) is 1. The number of nitro groups is 1. The number of aryl methyl sites for hydroxylation is 2. The number of aromatic nitrogens is 1. The predicted molar refractivity (Wildman–Crippen MR) is 80.4 cm³/mol. The van der Waals surface area contributed by atoms with Crippen molar-refractivity contribution in [3.05, 3.63) is 45.6 Å². The molecule has 0 unspecified atom stereocenters. The van der Waals surface area contributed by atoms with E-state index in [2.05, 4.69) is 6.58 Å². The molecule has 110 valence electrons. The Morgan fingerprint density at radius 1 is 1.52 bits per heavy atom. The number of nitro benzene ring substituents is 1. The van der Waals surface area contributed by atoms with Crippen LogP contribution in [0.15, 0.2) is 18.7 Å². The van der Waals surface area contributed by atoms with Gasteiger partial charge in [0.1, 0.15) is 0 Å². The van der Waals surface area contributed by atoms with E-state index in [-0.39, 0.29) is 18.5 Å². The summed E-state index contributed by atoms with van der Waals surface area (Å²) in [4.78, 5) is 21.7. The van der Waals surface area contributed by atoms with Crippen LogP contribution < -0.4 is 0 Å². The van der Waals surface area contributed by atoms with Crippen LogP contribution in [0.25, 0.3) is 17.0 Å². The van der Waals surface area contributed by atoms with E-state index in [4.69, 9.17) is 5.11 Å². The minimum atomic E-state index is -0.922. The largest absolute Gasteiger partial charge is 0.481 e. The number of carboxylic acids is 1. The normalized spacial score (nSPS) is 10.8. The molecule has 0 aliphatic rings. The second-order valence-corrected chi connectivity index (χ2v) is 4.88. The first-order valence-electron chi connectivity index (χ1n) is 6.48. The van der Waals surface area contributed by atoms with Gasteiger partial charge in [0.25, 0.3) is 5.69 Å². The Kier molecular flexibility index (Phi) is 3.80. The van der Waals surface area contributed by atoms with E-state index in [0.29, 0.717) is 10.9 Å². The number of rotatable bonds is 5. The lowest BCUT2D eigenvalue weighted by molar-refractivity contribution is -0.383. The van der Waals surface area contributed by atoms with Gasteiger partial charge < -0.3 is 9.67 Å². The number of hydrogen-bond acceptors (Lipinski definition) is 3. The molecule has 0 atom stereocenters. The van der Waals surface area contributed by atoms with E-state index in [1.807, 2.05) is 18.5 Å². The van der Waals surface area contributed by atoms with E-state index in [1.165, 1.54) is 6.07 Å². The van der Waals surface area contributed by atoms with E-state index >= 15 is 0 Å². The lowest BCUT2D eigenvalue weighted by Gasteiger charge is -2.03. The van der Waals surface area contributed by atoms with Gasteiger partial charge in [-0.25, -0.2) is 0 Å². The summed E-state index contributed by atoms with van der Waals surface area (Å²) in [5.74, 6) is -0.922. The predicted octanol–water partition coefficient (Wildman–Crippen LogP) is 3.06. The van der Waals surface area contributed by atoms with Crippen molar-refractivity contribution in [2.45, 2.75) is 19.8 Å². The van der Waals surface area contributed by atoms with Gasteiger partial charge in [-0.2, -0.15) is 0 Å². The summed E-state index contributed by atoms with van der Waals surface area (Å²) in [6.45, 7) is 5.57. The number of aliphatic carboxylic acids is 1. The maximum absolute atomic E-state index is 11.3. The monoisotopic (exact) mass is 288 g/mol. The number of benzene rings is 1. The van der Waals surface area contributed by atoms with Crippen LogP contribution in [-0.4, -0.2) is 20.6 Å². The van der Waals surface area contributed by atoms with Crippen LogP contribution in [0.5, 0.6) is 0 Å². The van der Waals surface area contributed by atoms with Gasteiger partial charge in [0.2, 0.25) is 0 Å². The number of fused-ring (bicyclic) bond motifs is 1. The average molecular weight is 288 g/mol. The summed E-state index contributed by atoms with van der Waals surface area (Å²) in [6, 6.07) is 3.11. The molecular weight excluding hydrogens is 272 g/mol. The summed E-state index contributed by atoms with van der Waals surface area (Å²) in [5.41, 5.74) is 3.06. The molecule has 1 N–H and O–H groups in total. The highest BCUT2D eigenvalue weighted by Crippen LogP contribution is 2.36. The fourth-order valence-electron chi connectivity index (χ4n) is 2.66. The molecule has 1 heterocycles. The third kappa shape index (κ3) is 2.40. The van der Waals surface area contributed by atoms with Crippen LogP contribution in [0, 0.1) is 17.0 Å². The first-order valence-corrected chi connectivity index (χ1v) is 6.48. The minimum Gasteiger partial charge on any atom is -0.481 e. The van der Waals surface area contributed by atoms with Crippen molar-refractivity contribution < 1.29 is 14.8 Å². The van der Waals surface area contributed by atoms with Gasteiger partial charge in [0.05, 0.1) is 15.8 Å². The molecule has 1 aromatic heterocycles. The van der Waals surface area contributed by atoms with Gasteiger partial charge in [0.15, 0.2) is 0 Å². The molecular formula is C15H16N2O4. The second kappa shape index (κ2) is 5.40. The standard InChI is InChI=1S/C15H16N2O4/c1-4-10-5-7-12(17(20)21)14-11(6-8-13(18)19)9(2)16(3)15(10)14/h4-5,7H,1,6,8H2,2-3H3,(H,18,19). The molecule has 6 heteroatoms. The van der Waals surface area contributed by atoms with Crippen LogP contribution in [0.1, 0.15) is 23.2 Å². The zero-order valence-electron chi connectivity index (χ0n) is 11.9. The lowest BCUT2D eigenvalue weighted by atomic mass is 10.0. The molecule has 0 aliphatic heterocycles. The third-order valence-corrected chi connectivity index (χ3v) is 3.77. The average Bonchev–Trinajstić information content (AvgIpc) is 2.68. The number of nitrogens with zero attached hydrogens (tertiary/aromatic N) is 2.